The molecule has 3 aromatic heterocycles. The molecule has 2 amide bonds. The lowest BCUT2D eigenvalue weighted by molar-refractivity contribution is -0.140. The van der Waals surface area contributed by atoms with Crippen LogP contribution in [0.2, 0.25) is 0 Å². The van der Waals surface area contributed by atoms with Crippen LogP contribution in [0.25, 0.3) is 21.7 Å². The predicted octanol–water partition coefficient (Wildman–Crippen LogP) is 4.50. The molecule has 176 valence electrons. The van der Waals surface area contributed by atoms with E-state index in [0.29, 0.717) is 23.2 Å². The van der Waals surface area contributed by atoms with Crippen molar-refractivity contribution in [1.82, 2.24) is 25.5 Å². The minimum absolute atomic E-state index is 0.0204. The second kappa shape index (κ2) is 9.17. The van der Waals surface area contributed by atoms with Gasteiger partial charge in [0.2, 0.25) is 5.89 Å². The monoisotopic (exact) mass is 490 g/mol. The number of rotatable bonds is 5. The Morgan fingerprint density at radius 3 is 2.71 bits per heavy atom. The second-order valence-electron chi connectivity index (χ2n) is 7.11. The summed E-state index contributed by atoms with van der Waals surface area (Å²) in [7, 11) is 0. The first-order chi connectivity index (χ1) is 16.2. The van der Waals surface area contributed by atoms with E-state index in [9.17, 15) is 22.8 Å². The summed E-state index contributed by atoms with van der Waals surface area (Å²) in [5, 5.41) is 13.7. The van der Waals surface area contributed by atoms with Crippen molar-refractivity contribution in [3.05, 3.63) is 52.8 Å². The van der Waals surface area contributed by atoms with Crippen LogP contribution in [0.5, 0.6) is 0 Å². The lowest BCUT2D eigenvalue weighted by Crippen LogP contribution is -2.28. The highest BCUT2D eigenvalue weighted by Crippen LogP contribution is 2.39. The minimum Gasteiger partial charge on any atom is -0.421 e. The number of nitrogens with one attached hydrogen (secondary N) is 2. The van der Waals surface area contributed by atoms with Crippen molar-refractivity contribution in [2.24, 2.45) is 0 Å². The topological polar surface area (TPSA) is 123 Å². The Morgan fingerprint density at radius 1 is 1.26 bits per heavy atom. The third kappa shape index (κ3) is 4.88. The summed E-state index contributed by atoms with van der Waals surface area (Å²) in [4.78, 5) is 32.3. The molecular formula is C21H17F3N6O3S. The highest BCUT2D eigenvalue weighted by atomic mass is 32.1. The van der Waals surface area contributed by atoms with Crippen molar-refractivity contribution >= 4 is 40.1 Å². The number of carbonyl (C=O) groups excluding carboxylic acids is 2. The van der Waals surface area contributed by atoms with Crippen LogP contribution >= 0.6 is 11.3 Å². The number of carbonyl (C=O) groups is 2. The van der Waals surface area contributed by atoms with Gasteiger partial charge in [-0.15, -0.1) is 21.5 Å². The molecule has 0 saturated carbocycles. The summed E-state index contributed by atoms with van der Waals surface area (Å²) in [5.41, 5.74) is 0.398. The summed E-state index contributed by atoms with van der Waals surface area (Å²) < 4.78 is 44.9. The zero-order chi connectivity index (χ0) is 24.5. The SMILES string of the molecule is CCNC(=O)Nc1cc(-c2nc(C(F)(F)F)cs2)c(C2=CCC(=O)C(c3nnc(C)o3)=C2)cn1. The molecule has 0 spiro atoms. The first-order valence-electron chi connectivity index (χ1n) is 9.99. The average Bonchev–Trinajstić information content (AvgIpc) is 3.44. The lowest BCUT2D eigenvalue weighted by atomic mass is 9.92. The number of nitrogens with zero attached hydrogens (tertiary/aromatic N) is 4. The van der Waals surface area contributed by atoms with Crippen LogP contribution in [-0.2, 0) is 11.0 Å². The van der Waals surface area contributed by atoms with E-state index in [4.69, 9.17) is 4.42 Å². The molecule has 0 aromatic carbocycles. The molecule has 34 heavy (non-hydrogen) atoms. The number of ketones is 1. The van der Waals surface area contributed by atoms with E-state index >= 15 is 0 Å². The van der Waals surface area contributed by atoms with Crippen molar-refractivity contribution in [3.8, 4) is 10.6 Å². The Hall–Kier alpha value is -3.87. The number of hydrogen-bond acceptors (Lipinski definition) is 8. The zero-order valence-electron chi connectivity index (χ0n) is 17.9. The number of aryl methyl sites for hydroxylation is 1. The summed E-state index contributed by atoms with van der Waals surface area (Å²) in [6.45, 7) is 3.70. The standard InChI is InChI=1S/C21H17F3N6O3S/c1-3-25-20(32)28-17-7-12(19-27-16(9-34-19)21(22,23)24)14(8-26-17)11-4-5-15(31)13(6-11)18-30-29-10(2)33-18/h4,6-9H,3,5H2,1-2H3,(H2,25,26,28,32). The van der Waals surface area contributed by atoms with Crippen LogP contribution < -0.4 is 10.6 Å². The van der Waals surface area contributed by atoms with Gasteiger partial charge in [-0.25, -0.2) is 14.8 Å². The number of pyridine rings is 1. The Kier molecular flexibility index (Phi) is 6.28. The van der Waals surface area contributed by atoms with Gasteiger partial charge in [0.05, 0.1) is 5.57 Å². The Labute approximate surface area is 194 Å². The van der Waals surface area contributed by atoms with Gasteiger partial charge in [0, 0.05) is 42.6 Å². The number of urea groups is 1. The molecule has 0 aliphatic heterocycles. The van der Waals surface area contributed by atoms with Crippen LogP contribution in [-0.4, -0.2) is 38.5 Å². The summed E-state index contributed by atoms with van der Waals surface area (Å²) in [6.07, 6.45) is -0.0321. The van der Waals surface area contributed by atoms with E-state index in [1.54, 1.807) is 19.9 Å². The van der Waals surface area contributed by atoms with Gasteiger partial charge in [0.25, 0.3) is 5.89 Å². The Bertz CT molecular complexity index is 1330. The fraction of sp³-hybridized carbons (Fsp3) is 0.238. The molecule has 1 aliphatic carbocycles. The molecule has 0 unspecified atom stereocenters. The number of hydrogen-bond donors (Lipinski definition) is 2. The van der Waals surface area contributed by atoms with Crippen molar-refractivity contribution < 1.29 is 27.2 Å². The van der Waals surface area contributed by atoms with Crippen LogP contribution in [0.15, 0.2) is 34.2 Å². The molecule has 0 radical (unpaired) electrons. The molecule has 0 bridgehead atoms. The Balaban J connectivity index is 1.80. The van der Waals surface area contributed by atoms with Gasteiger partial charge in [-0.05, 0) is 24.6 Å². The van der Waals surface area contributed by atoms with Gasteiger partial charge in [-0.1, -0.05) is 6.08 Å². The fourth-order valence-corrected chi connectivity index (χ4v) is 4.02. The number of amides is 2. The van der Waals surface area contributed by atoms with Gasteiger partial charge in [0.15, 0.2) is 11.5 Å². The molecule has 2 N–H and O–H groups in total. The molecule has 4 rings (SSSR count). The van der Waals surface area contributed by atoms with Crippen molar-refractivity contribution in [2.45, 2.75) is 26.4 Å². The van der Waals surface area contributed by atoms with Gasteiger partial charge in [-0.2, -0.15) is 13.2 Å². The first-order valence-corrected chi connectivity index (χ1v) is 10.9. The Morgan fingerprint density at radius 2 is 2.06 bits per heavy atom. The number of aromatic nitrogens is 4. The van der Waals surface area contributed by atoms with E-state index in [-0.39, 0.29) is 40.4 Å². The maximum absolute atomic E-state index is 13.2. The van der Waals surface area contributed by atoms with Gasteiger partial charge >= 0.3 is 12.2 Å². The quantitative estimate of drug-likeness (QED) is 0.540. The smallest absolute Gasteiger partial charge is 0.421 e. The van der Waals surface area contributed by atoms with E-state index in [2.05, 4.69) is 30.8 Å². The van der Waals surface area contributed by atoms with Crippen molar-refractivity contribution in [3.63, 3.8) is 0 Å². The molecule has 0 saturated heterocycles. The summed E-state index contributed by atoms with van der Waals surface area (Å²) >= 11 is 0.804. The molecular weight excluding hydrogens is 473 g/mol. The number of alkyl halides is 3. The molecule has 0 fully saturated rings. The maximum atomic E-state index is 13.2. The molecule has 3 heterocycles. The number of allylic oxidation sites excluding steroid dienone is 4. The average molecular weight is 490 g/mol. The van der Waals surface area contributed by atoms with Crippen LogP contribution in [0.1, 0.15) is 36.4 Å². The first kappa shape index (κ1) is 23.3. The van der Waals surface area contributed by atoms with E-state index < -0.39 is 17.9 Å². The van der Waals surface area contributed by atoms with E-state index in [1.165, 1.54) is 18.3 Å². The molecule has 13 heteroatoms. The van der Waals surface area contributed by atoms with E-state index in [0.717, 1.165) is 16.7 Å². The molecule has 0 atom stereocenters. The van der Waals surface area contributed by atoms with Gasteiger partial charge in [-0.3, -0.25) is 10.1 Å². The predicted molar refractivity (Wildman–Crippen MR) is 118 cm³/mol. The molecule has 3 aromatic rings. The van der Waals surface area contributed by atoms with Crippen LogP contribution in [0, 0.1) is 6.92 Å². The van der Waals surface area contributed by atoms with Crippen molar-refractivity contribution in [2.75, 3.05) is 11.9 Å². The largest absolute Gasteiger partial charge is 0.434 e. The third-order valence-electron chi connectivity index (χ3n) is 4.68. The van der Waals surface area contributed by atoms with Crippen molar-refractivity contribution in [1.29, 1.82) is 0 Å². The van der Waals surface area contributed by atoms with Gasteiger partial charge < -0.3 is 9.73 Å². The highest BCUT2D eigenvalue weighted by Gasteiger charge is 2.34. The summed E-state index contributed by atoms with van der Waals surface area (Å²) in [5.74, 6) is 0.207. The maximum Gasteiger partial charge on any atom is 0.434 e. The zero-order valence-corrected chi connectivity index (χ0v) is 18.7. The number of thiazole rings is 1. The van der Waals surface area contributed by atoms with Crippen LogP contribution in [0.3, 0.4) is 0 Å². The summed E-state index contributed by atoms with van der Waals surface area (Å²) in [6, 6.07) is 0.922. The van der Waals surface area contributed by atoms with Crippen LogP contribution in [0.4, 0.5) is 23.8 Å². The van der Waals surface area contributed by atoms with E-state index in [1.807, 2.05) is 0 Å². The highest BCUT2D eigenvalue weighted by molar-refractivity contribution is 7.13. The fourth-order valence-electron chi connectivity index (χ4n) is 3.16. The molecule has 1 aliphatic rings. The third-order valence-corrected chi connectivity index (χ3v) is 5.56. The normalized spacial score (nSPS) is 14.0. The number of Topliss-reactive ketones (excluding diaryl/α,β-unsaturated/α-hetero) is 1. The lowest BCUT2D eigenvalue weighted by Gasteiger charge is -2.15. The number of anilines is 1. The number of halogens is 3. The van der Waals surface area contributed by atoms with Gasteiger partial charge in [0.1, 0.15) is 10.8 Å². The second-order valence-corrected chi connectivity index (χ2v) is 7.96. The minimum atomic E-state index is -4.61. The molecule has 9 nitrogen and oxygen atoms in total.